The highest BCUT2D eigenvalue weighted by atomic mass is 32.2. The first-order valence-electron chi connectivity index (χ1n) is 9.09. The zero-order valence-corrected chi connectivity index (χ0v) is 17.4. The van der Waals surface area contributed by atoms with E-state index in [0.717, 1.165) is 5.56 Å². The topological polar surface area (TPSA) is 108 Å². The van der Waals surface area contributed by atoms with Crippen LogP contribution in [0.5, 0.6) is 0 Å². The smallest absolute Gasteiger partial charge is 0.271 e. The van der Waals surface area contributed by atoms with E-state index in [9.17, 15) is 18.0 Å². The van der Waals surface area contributed by atoms with Gasteiger partial charge in [0.15, 0.2) is 0 Å². The number of anilines is 1. The molecule has 9 heteroatoms. The monoisotopic (exact) mass is 416 g/mol. The van der Waals surface area contributed by atoms with Gasteiger partial charge in [-0.15, -0.1) is 0 Å². The van der Waals surface area contributed by atoms with Gasteiger partial charge in [0.05, 0.1) is 11.1 Å². The van der Waals surface area contributed by atoms with Crippen molar-refractivity contribution >= 4 is 33.7 Å². The van der Waals surface area contributed by atoms with Gasteiger partial charge in [0.1, 0.15) is 0 Å². The number of hydrogen-bond acceptors (Lipinski definition) is 5. The average Bonchev–Trinajstić information content (AvgIpc) is 2.69. The third-order valence-corrected chi connectivity index (χ3v) is 6.10. The van der Waals surface area contributed by atoms with Crippen molar-refractivity contribution in [2.45, 2.75) is 25.7 Å². The Morgan fingerprint density at radius 2 is 1.72 bits per heavy atom. The van der Waals surface area contributed by atoms with E-state index in [1.807, 2.05) is 0 Å². The molecule has 29 heavy (non-hydrogen) atoms. The summed E-state index contributed by atoms with van der Waals surface area (Å²) in [5.41, 5.74) is 3.95. The Bertz CT molecular complexity index is 997. The molecule has 0 aliphatic rings. The van der Waals surface area contributed by atoms with Crippen LogP contribution in [0.15, 0.2) is 58.5 Å². The Labute approximate surface area is 170 Å². The number of hydrazone groups is 1. The van der Waals surface area contributed by atoms with Crippen LogP contribution >= 0.6 is 0 Å². The molecule has 0 aromatic heterocycles. The van der Waals surface area contributed by atoms with Gasteiger partial charge in [0.2, 0.25) is 15.9 Å². The van der Waals surface area contributed by atoms with Crippen LogP contribution in [0.2, 0.25) is 0 Å². The van der Waals surface area contributed by atoms with Crippen molar-refractivity contribution < 1.29 is 18.0 Å². The lowest BCUT2D eigenvalue weighted by Gasteiger charge is -2.18. The summed E-state index contributed by atoms with van der Waals surface area (Å²) in [7, 11) is -3.65. The molecule has 0 fully saturated rings. The Morgan fingerprint density at radius 1 is 1.07 bits per heavy atom. The fourth-order valence-electron chi connectivity index (χ4n) is 2.60. The Morgan fingerprint density at radius 3 is 2.31 bits per heavy atom. The molecule has 0 bridgehead atoms. The van der Waals surface area contributed by atoms with Crippen molar-refractivity contribution in [3.05, 3.63) is 59.7 Å². The third kappa shape index (κ3) is 5.97. The van der Waals surface area contributed by atoms with Crippen LogP contribution in [0, 0.1) is 0 Å². The molecule has 2 N–H and O–H groups in total. The lowest BCUT2D eigenvalue weighted by Crippen LogP contribution is -2.30. The zero-order valence-electron chi connectivity index (χ0n) is 16.5. The number of benzene rings is 2. The molecular formula is C20H24N4O4S. The van der Waals surface area contributed by atoms with Gasteiger partial charge in [0, 0.05) is 31.3 Å². The highest BCUT2D eigenvalue weighted by Gasteiger charge is 2.22. The van der Waals surface area contributed by atoms with E-state index in [1.54, 1.807) is 38.1 Å². The highest BCUT2D eigenvalue weighted by Crippen LogP contribution is 2.17. The summed E-state index contributed by atoms with van der Waals surface area (Å²) in [4.78, 5) is 23.4. The molecule has 0 unspecified atom stereocenters. The molecule has 0 saturated carbocycles. The van der Waals surface area contributed by atoms with Crippen LogP contribution < -0.4 is 10.7 Å². The zero-order chi connectivity index (χ0) is 21.4. The molecule has 0 aliphatic carbocycles. The predicted molar refractivity (Wildman–Crippen MR) is 112 cm³/mol. The van der Waals surface area contributed by atoms with Crippen LogP contribution in [0.1, 0.15) is 36.7 Å². The first kappa shape index (κ1) is 22.3. The molecule has 2 aromatic carbocycles. The number of sulfonamides is 1. The summed E-state index contributed by atoms with van der Waals surface area (Å²) in [6, 6.07) is 12.7. The summed E-state index contributed by atoms with van der Waals surface area (Å²) in [6.07, 6.45) is 1.45. The predicted octanol–water partition coefficient (Wildman–Crippen LogP) is 2.44. The minimum Gasteiger partial charge on any atom is -0.326 e. The van der Waals surface area contributed by atoms with Gasteiger partial charge in [-0.1, -0.05) is 32.0 Å². The molecule has 2 rings (SSSR count). The summed E-state index contributed by atoms with van der Waals surface area (Å²) < 4.78 is 26.5. The molecule has 0 atom stereocenters. The second-order valence-electron chi connectivity index (χ2n) is 6.12. The fourth-order valence-corrected chi connectivity index (χ4v) is 4.10. The number of hydrogen-bond donors (Lipinski definition) is 2. The number of rotatable bonds is 8. The molecule has 0 heterocycles. The van der Waals surface area contributed by atoms with Crippen molar-refractivity contribution in [3.8, 4) is 0 Å². The van der Waals surface area contributed by atoms with Crippen LogP contribution in [0.25, 0.3) is 0 Å². The van der Waals surface area contributed by atoms with Crippen molar-refractivity contribution in [3.63, 3.8) is 0 Å². The number of nitrogens with zero attached hydrogens (tertiary/aromatic N) is 2. The molecule has 0 aliphatic heterocycles. The largest absolute Gasteiger partial charge is 0.326 e. The van der Waals surface area contributed by atoms with Gasteiger partial charge < -0.3 is 5.32 Å². The number of amides is 2. The molecule has 2 amide bonds. The molecule has 0 radical (unpaired) electrons. The average molecular weight is 417 g/mol. The summed E-state index contributed by atoms with van der Waals surface area (Å²) >= 11 is 0. The van der Waals surface area contributed by atoms with Crippen LogP contribution in [-0.4, -0.2) is 43.8 Å². The van der Waals surface area contributed by atoms with Gasteiger partial charge in [-0.25, -0.2) is 13.8 Å². The number of carbonyl (C=O) groups is 2. The normalized spacial score (nSPS) is 11.6. The molecular weight excluding hydrogens is 392 g/mol. The van der Waals surface area contributed by atoms with Crippen LogP contribution in [0.3, 0.4) is 0 Å². The third-order valence-electron chi connectivity index (χ3n) is 4.05. The van der Waals surface area contributed by atoms with Crippen molar-refractivity contribution in [1.82, 2.24) is 9.73 Å². The molecule has 154 valence electrons. The van der Waals surface area contributed by atoms with Crippen molar-refractivity contribution in [1.29, 1.82) is 0 Å². The summed E-state index contributed by atoms with van der Waals surface area (Å²) in [5.74, 6) is -0.684. The molecule has 8 nitrogen and oxygen atoms in total. The summed E-state index contributed by atoms with van der Waals surface area (Å²) in [5, 5.41) is 6.55. The second-order valence-corrected chi connectivity index (χ2v) is 8.06. The van der Waals surface area contributed by atoms with Gasteiger partial charge in [0.25, 0.3) is 5.91 Å². The van der Waals surface area contributed by atoms with E-state index < -0.39 is 15.9 Å². The van der Waals surface area contributed by atoms with Crippen molar-refractivity contribution in [2.75, 3.05) is 18.4 Å². The maximum absolute atomic E-state index is 12.6. The van der Waals surface area contributed by atoms with E-state index in [-0.39, 0.29) is 16.4 Å². The van der Waals surface area contributed by atoms with Gasteiger partial charge in [-0.05, 0) is 35.9 Å². The lowest BCUT2D eigenvalue weighted by molar-refractivity contribution is -0.114. The molecule has 0 spiro atoms. The second kappa shape index (κ2) is 9.94. The number of carbonyl (C=O) groups excluding carboxylic acids is 2. The summed E-state index contributed by atoms with van der Waals surface area (Å²) in [6.45, 7) is 5.64. The Hall–Kier alpha value is -3.04. The standard InChI is InChI=1S/C20H24N4O4S/c1-4-24(5-2)29(27,28)19-8-6-7-17(13-19)20(26)23-21-14-16-9-11-18(12-10-16)22-15(3)25/h6-14H,4-5H2,1-3H3,(H,22,25)(H,23,26)/b21-14-. The fraction of sp³-hybridized carbons (Fsp3) is 0.250. The minimum absolute atomic E-state index is 0.0615. The van der Waals surface area contributed by atoms with Gasteiger partial charge >= 0.3 is 0 Å². The lowest BCUT2D eigenvalue weighted by atomic mass is 10.2. The van der Waals surface area contributed by atoms with Gasteiger partial charge in [-0.3, -0.25) is 9.59 Å². The maximum Gasteiger partial charge on any atom is 0.271 e. The van der Waals surface area contributed by atoms with E-state index >= 15 is 0 Å². The quantitative estimate of drug-likeness (QED) is 0.509. The molecule has 0 saturated heterocycles. The number of nitrogens with one attached hydrogen (secondary N) is 2. The Balaban J connectivity index is 2.08. The van der Waals surface area contributed by atoms with Crippen LogP contribution in [0.4, 0.5) is 5.69 Å². The Kier molecular flexibility index (Phi) is 7.63. The van der Waals surface area contributed by atoms with E-state index in [4.69, 9.17) is 0 Å². The molecule has 2 aromatic rings. The van der Waals surface area contributed by atoms with Crippen molar-refractivity contribution in [2.24, 2.45) is 5.10 Å². The van der Waals surface area contributed by atoms with E-state index in [2.05, 4.69) is 15.8 Å². The van der Waals surface area contributed by atoms with Crippen LogP contribution in [-0.2, 0) is 14.8 Å². The minimum atomic E-state index is -3.65. The van der Waals surface area contributed by atoms with E-state index in [0.29, 0.717) is 18.8 Å². The highest BCUT2D eigenvalue weighted by molar-refractivity contribution is 7.89. The first-order valence-corrected chi connectivity index (χ1v) is 10.5. The van der Waals surface area contributed by atoms with Gasteiger partial charge in [-0.2, -0.15) is 9.41 Å². The maximum atomic E-state index is 12.6. The first-order chi connectivity index (χ1) is 13.8. The SMILES string of the molecule is CCN(CC)S(=O)(=O)c1cccc(C(=O)N/N=C\c2ccc(NC(C)=O)cc2)c1. The van der Waals surface area contributed by atoms with E-state index in [1.165, 1.54) is 41.7 Å².